The molecule has 8 bridgehead atoms. The molecular weight excluding hydrogens is 550 g/mol. The Hall–Kier alpha value is -2.10. The molecule has 8 aliphatic carbocycles. The van der Waals surface area contributed by atoms with Crippen molar-refractivity contribution in [2.45, 2.75) is 141 Å². The van der Waals surface area contributed by atoms with E-state index in [2.05, 4.69) is 27.7 Å². The maximum atomic E-state index is 15.1. The lowest BCUT2D eigenvalue weighted by Gasteiger charge is -2.81. The first-order chi connectivity index (χ1) is 20.8. The molecule has 238 valence electrons. The number of benzene rings is 2. The van der Waals surface area contributed by atoms with Crippen molar-refractivity contribution in [2.24, 2.45) is 32.5 Å². The van der Waals surface area contributed by atoms with Crippen LogP contribution >= 0.6 is 0 Å². The van der Waals surface area contributed by atoms with Gasteiger partial charge in [-0.05, 0) is 156 Å². The Morgan fingerprint density at radius 2 is 0.795 bits per heavy atom. The minimum atomic E-state index is -0.485. The molecule has 10 rings (SSSR count). The highest BCUT2D eigenvalue weighted by molar-refractivity contribution is 5.42. The van der Waals surface area contributed by atoms with Gasteiger partial charge in [-0.1, -0.05) is 65.5 Å². The van der Waals surface area contributed by atoms with Gasteiger partial charge in [-0.2, -0.15) is 0 Å². The van der Waals surface area contributed by atoms with Crippen LogP contribution in [0.4, 0.5) is 8.78 Å². The zero-order valence-electron chi connectivity index (χ0n) is 27.4. The first-order valence-electron chi connectivity index (χ1n) is 17.8. The summed E-state index contributed by atoms with van der Waals surface area (Å²) in [5, 5.41) is 20.4. The number of aromatic hydroxyl groups is 2. The number of hydrogen-bond acceptors (Lipinski definition) is 2. The van der Waals surface area contributed by atoms with E-state index in [-0.39, 0.29) is 54.8 Å². The van der Waals surface area contributed by atoms with Crippen molar-refractivity contribution < 1.29 is 19.0 Å². The van der Waals surface area contributed by atoms with Crippen LogP contribution in [0.5, 0.6) is 11.5 Å². The maximum Gasteiger partial charge on any atom is 0.165 e. The lowest BCUT2D eigenvalue weighted by atomic mass is 9.23. The van der Waals surface area contributed by atoms with Crippen molar-refractivity contribution in [3.05, 3.63) is 59.2 Å². The van der Waals surface area contributed by atoms with Crippen LogP contribution in [0.15, 0.2) is 36.4 Å². The smallest absolute Gasteiger partial charge is 0.165 e. The first kappa shape index (κ1) is 29.3. The second-order valence-corrected chi connectivity index (χ2v) is 18.0. The minimum Gasteiger partial charge on any atom is -0.505 e. The molecule has 4 heteroatoms. The Morgan fingerprint density at radius 1 is 0.477 bits per heavy atom. The van der Waals surface area contributed by atoms with Gasteiger partial charge in [0.2, 0.25) is 0 Å². The molecule has 4 unspecified atom stereocenters. The third-order valence-corrected chi connectivity index (χ3v) is 15.8. The van der Waals surface area contributed by atoms with Crippen LogP contribution in [-0.4, -0.2) is 10.2 Å². The van der Waals surface area contributed by atoms with Crippen LogP contribution in [0.1, 0.15) is 142 Å². The van der Waals surface area contributed by atoms with Crippen molar-refractivity contribution in [2.75, 3.05) is 0 Å². The molecule has 8 aliphatic rings. The standard InChI is InChI=1S/C40H52F2O2/c1-5-33-15-34(6-2)18-37(17-33,27-9-11-31(43)29(41)13-27)25-39(21-33,22-34)40-23-35(7-3)16-36(8-4,24-40)20-38(19-35,26-40)28-10-12-32(44)30(42)14-28/h9-14,43-44H,5-8,15-26H2,1-4H3. The lowest BCUT2D eigenvalue weighted by molar-refractivity contribution is -0.286. The molecule has 2 aromatic rings. The molecule has 0 aliphatic heterocycles. The minimum absolute atomic E-state index is 0.0742. The fourth-order valence-corrected chi connectivity index (χ4v) is 15.0. The highest BCUT2D eigenvalue weighted by Crippen LogP contribution is 2.86. The summed E-state index contributed by atoms with van der Waals surface area (Å²) in [6, 6.07) is 10.7. The molecule has 8 saturated carbocycles. The molecule has 0 spiro atoms. The van der Waals surface area contributed by atoms with Crippen LogP contribution in [-0.2, 0) is 10.8 Å². The van der Waals surface area contributed by atoms with Crippen molar-refractivity contribution in [1.29, 1.82) is 0 Å². The van der Waals surface area contributed by atoms with E-state index < -0.39 is 11.6 Å². The Kier molecular flexibility index (Phi) is 5.88. The predicted octanol–water partition coefficient (Wildman–Crippen LogP) is 10.9. The summed E-state index contributed by atoms with van der Waals surface area (Å²) in [5.41, 5.74) is 3.39. The molecule has 0 aromatic heterocycles. The summed E-state index contributed by atoms with van der Waals surface area (Å²) in [4.78, 5) is 0. The van der Waals surface area contributed by atoms with Gasteiger partial charge in [0.1, 0.15) is 0 Å². The SMILES string of the molecule is CCC12CC3(CC)CC(c4ccc(O)c(F)c4)(C1)CC(C14CC5(CC)CC(CC)(CC(c6ccc(O)c(F)c6)(C5)C1)C4)(C2)C3. The van der Waals surface area contributed by atoms with Crippen LogP contribution < -0.4 is 0 Å². The van der Waals surface area contributed by atoms with E-state index in [0.717, 1.165) is 49.7 Å². The molecule has 0 radical (unpaired) electrons. The molecule has 0 saturated heterocycles. The topological polar surface area (TPSA) is 40.5 Å². The van der Waals surface area contributed by atoms with E-state index in [1.165, 1.54) is 64.2 Å². The van der Waals surface area contributed by atoms with Crippen LogP contribution in [0, 0.1) is 44.1 Å². The summed E-state index contributed by atoms with van der Waals surface area (Å²) in [5.74, 6) is -1.46. The fraction of sp³-hybridized carbons (Fsp3) is 0.700. The molecule has 2 aromatic carbocycles. The Balaban J connectivity index is 1.35. The molecule has 44 heavy (non-hydrogen) atoms. The van der Waals surface area contributed by atoms with Crippen molar-refractivity contribution in [1.82, 2.24) is 0 Å². The van der Waals surface area contributed by atoms with E-state index in [9.17, 15) is 10.2 Å². The van der Waals surface area contributed by atoms with E-state index in [0.29, 0.717) is 0 Å². The highest BCUT2D eigenvalue weighted by atomic mass is 19.1. The lowest BCUT2D eigenvalue weighted by Crippen LogP contribution is -2.72. The summed E-state index contributed by atoms with van der Waals surface area (Å²) >= 11 is 0. The highest BCUT2D eigenvalue weighted by Gasteiger charge is 2.77. The third-order valence-electron chi connectivity index (χ3n) is 15.8. The van der Waals surface area contributed by atoms with Crippen LogP contribution in [0.2, 0.25) is 0 Å². The number of hydrogen-bond donors (Lipinski definition) is 2. The predicted molar refractivity (Wildman–Crippen MR) is 171 cm³/mol. The second kappa shape index (κ2) is 8.82. The molecule has 8 fully saturated rings. The molecule has 0 heterocycles. The average Bonchev–Trinajstić information content (AvgIpc) is 2.98. The van der Waals surface area contributed by atoms with Crippen LogP contribution in [0.25, 0.3) is 0 Å². The molecule has 0 amide bonds. The Bertz CT molecular complexity index is 1370. The number of phenolic OH excluding ortho intramolecular Hbond substituents is 2. The zero-order chi connectivity index (χ0) is 31.0. The summed E-state index contributed by atoms with van der Waals surface area (Å²) in [6.45, 7) is 9.65. The summed E-state index contributed by atoms with van der Waals surface area (Å²) in [7, 11) is 0. The van der Waals surface area contributed by atoms with Crippen LogP contribution in [0.3, 0.4) is 0 Å². The normalized spacial score (nSPS) is 46.6. The summed E-state index contributed by atoms with van der Waals surface area (Å²) < 4.78 is 30.2. The number of rotatable bonds is 7. The maximum absolute atomic E-state index is 15.1. The summed E-state index contributed by atoms with van der Waals surface area (Å²) in [6.07, 6.45) is 19.1. The van der Waals surface area contributed by atoms with Gasteiger partial charge in [0.15, 0.2) is 23.1 Å². The monoisotopic (exact) mass is 602 g/mol. The van der Waals surface area contributed by atoms with Crippen molar-refractivity contribution >= 4 is 0 Å². The van der Waals surface area contributed by atoms with Gasteiger partial charge in [-0.15, -0.1) is 0 Å². The quantitative estimate of drug-likeness (QED) is 0.331. The van der Waals surface area contributed by atoms with E-state index in [4.69, 9.17) is 0 Å². The van der Waals surface area contributed by atoms with E-state index in [1.54, 1.807) is 24.3 Å². The Labute approximate surface area is 263 Å². The van der Waals surface area contributed by atoms with Gasteiger partial charge in [-0.3, -0.25) is 0 Å². The van der Waals surface area contributed by atoms with Gasteiger partial charge >= 0.3 is 0 Å². The molecule has 2 N–H and O–H groups in total. The second-order valence-electron chi connectivity index (χ2n) is 18.0. The first-order valence-corrected chi connectivity index (χ1v) is 17.8. The average molecular weight is 603 g/mol. The van der Waals surface area contributed by atoms with E-state index >= 15 is 8.78 Å². The number of halogens is 2. The van der Waals surface area contributed by atoms with Crippen molar-refractivity contribution in [3.8, 4) is 11.5 Å². The van der Waals surface area contributed by atoms with Crippen molar-refractivity contribution in [3.63, 3.8) is 0 Å². The van der Waals surface area contributed by atoms with E-state index in [1.807, 2.05) is 12.1 Å². The van der Waals surface area contributed by atoms with Gasteiger partial charge in [0, 0.05) is 0 Å². The third kappa shape index (κ3) is 3.63. The largest absolute Gasteiger partial charge is 0.505 e. The van der Waals surface area contributed by atoms with Gasteiger partial charge in [0.25, 0.3) is 0 Å². The van der Waals surface area contributed by atoms with Gasteiger partial charge in [0.05, 0.1) is 0 Å². The zero-order valence-corrected chi connectivity index (χ0v) is 27.4. The number of phenols is 2. The molecule has 4 atom stereocenters. The van der Waals surface area contributed by atoms with Gasteiger partial charge < -0.3 is 10.2 Å². The Morgan fingerprint density at radius 3 is 1.07 bits per heavy atom. The molecular formula is C40H52F2O2. The molecule has 2 nitrogen and oxygen atoms in total. The van der Waals surface area contributed by atoms with Gasteiger partial charge in [-0.25, -0.2) is 8.78 Å². The fourth-order valence-electron chi connectivity index (χ4n) is 15.0.